The van der Waals surface area contributed by atoms with E-state index in [1.165, 1.54) is 12.3 Å². The van der Waals surface area contributed by atoms with Crippen molar-refractivity contribution in [1.29, 1.82) is 0 Å². The van der Waals surface area contributed by atoms with Crippen LogP contribution in [0.15, 0.2) is 23.1 Å². The number of aryl methyl sites for hydroxylation is 1. The third-order valence-corrected chi connectivity index (χ3v) is 5.27. The summed E-state index contributed by atoms with van der Waals surface area (Å²) in [7, 11) is -3.33. The molecule has 1 N–H and O–H groups in total. The number of rotatable bonds is 5. The molecule has 0 aliphatic carbocycles. The average molecular weight is 361 g/mol. The van der Waals surface area contributed by atoms with E-state index in [4.69, 9.17) is 0 Å². The molecular formula is C16H25ClN2O3S. The van der Waals surface area contributed by atoms with Crippen LogP contribution < -0.4 is 5.32 Å². The average Bonchev–Trinajstić information content (AvgIpc) is 2.97. The Morgan fingerprint density at radius 1 is 1.39 bits per heavy atom. The van der Waals surface area contributed by atoms with Crippen molar-refractivity contribution < 1.29 is 13.2 Å². The van der Waals surface area contributed by atoms with Crippen molar-refractivity contribution in [2.45, 2.75) is 37.6 Å². The van der Waals surface area contributed by atoms with Crippen LogP contribution in [-0.2, 0) is 9.84 Å². The molecule has 1 aromatic carbocycles. The van der Waals surface area contributed by atoms with E-state index in [9.17, 15) is 13.2 Å². The molecule has 0 bridgehead atoms. The molecule has 1 aliphatic heterocycles. The predicted octanol–water partition coefficient (Wildman–Crippen LogP) is 2.03. The van der Waals surface area contributed by atoms with Crippen molar-refractivity contribution in [1.82, 2.24) is 10.2 Å². The number of benzene rings is 1. The SMILES string of the molecule is CCCN(C(=O)c1ccc(C)c(S(C)(=O)=O)c1)C1CCNC1.Cl. The summed E-state index contributed by atoms with van der Waals surface area (Å²) >= 11 is 0. The first-order valence-electron chi connectivity index (χ1n) is 7.67. The Bertz CT molecular complexity index is 655. The molecular weight excluding hydrogens is 336 g/mol. The maximum Gasteiger partial charge on any atom is 0.254 e. The molecule has 5 nitrogen and oxygen atoms in total. The maximum absolute atomic E-state index is 12.8. The number of nitrogens with zero attached hydrogens (tertiary/aromatic N) is 1. The van der Waals surface area contributed by atoms with E-state index in [0.29, 0.717) is 17.7 Å². The summed E-state index contributed by atoms with van der Waals surface area (Å²) in [4.78, 5) is 14.9. The van der Waals surface area contributed by atoms with Gasteiger partial charge in [0.25, 0.3) is 5.91 Å². The molecule has 2 rings (SSSR count). The highest BCUT2D eigenvalue weighted by atomic mass is 35.5. The maximum atomic E-state index is 12.8. The number of amides is 1. The summed E-state index contributed by atoms with van der Waals surface area (Å²) in [6.45, 7) is 6.19. The smallest absolute Gasteiger partial charge is 0.254 e. The second-order valence-corrected chi connectivity index (χ2v) is 7.88. The molecule has 0 aromatic heterocycles. The number of carbonyl (C=O) groups excluding carboxylic acids is 1. The van der Waals surface area contributed by atoms with Gasteiger partial charge < -0.3 is 10.2 Å². The highest BCUT2D eigenvalue weighted by Crippen LogP contribution is 2.20. The highest BCUT2D eigenvalue weighted by molar-refractivity contribution is 7.90. The van der Waals surface area contributed by atoms with Crippen LogP contribution in [-0.4, -0.2) is 51.2 Å². The summed E-state index contributed by atoms with van der Waals surface area (Å²) in [5, 5.41) is 3.27. The fourth-order valence-corrected chi connectivity index (χ4v) is 3.89. The summed E-state index contributed by atoms with van der Waals surface area (Å²) in [5.41, 5.74) is 1.12. The molecule has 23 heavy (non-hydrogen) atoms. The van der Waals surface area contributed by atoms with Gasteiger partial charge in [-0.2, -0.15) is 0 Å². The van der Waals surface area contributed by atoms with Crippen LogP contribution in [0.5, 0.6) is 0 Å². The predicted molar refractivity (Wildman–Crippen MR) is 94.1 cm³/mol. The summed E-state index contributed by atoms with van der Waals surface area (Å²) in [6, 6.07) is 5.13. The topological polar surface area (TPSA) is 66.5 Å². The molecule has 0 radical (unpaired) electrons. The van der Waals surface area contributed by atoms with Crippen molar-refractivity contribution >= 4 is 28.2 Å². The van der Waals surface area contributed by atoms with E-state index in [1.54, 1.807) is 19.1 Å². The lowest BCUT2D eigenvalue weighted by Gasteiger charge is -2.28. The van der Waals surface area contributed by atoms with E-state index in [2.05, 4.69) is 5.32 Å². The first-order valence-corrected chi connectivity index (χ1v) is 9.56. The minimum absolute atomic E-state index is 0. The van der Waals surface area contributed by atoms with Crippen molar-refractivity contribution in [3.63, 3.8) is 0 Å². The van der Waals surface area contributed by atoms with Gasteiger partial charge in [0.15, 0.2) is 9.84 Å². The van der Waals surface area contributed by atoms with Gasteiger partial charge in [0, 0.05) is 31.0 Å². The lowest BCUT2D eigenvalue weighted by Crippen LogP contribution is -2.42. The number of carbonyl (C=O) groups is 1. The van der Waals surface area contributed by atoms with Gasteiger partial charge in [-0.1, -0.05) is 13.0 Å². The van der Waals surface area contributed by atoms with Crippen molar-refractivity contribution in [3.05, 3.63) is 29.3 Å². The quantitative estimate of drug-likeness (QED) is 0.872. The van der Waals surface area contributed by atoms with E-state index in [1.807, 2.05) is 11.8 Å². The van der Waals surface area contributed by atoms with E-state index in [-0.39, 0.29) is 29.3 Å². The van der Waals surface area contributed by atoms with Crippen molar-refractivity contribution in [3.8, 4) is 0 Å². The number of hydrogen-bond donors (Lipinski definition) is 1. The van der Waals surface area contributed by atoms with Gasteiger partial charge in [-0.25, -0.2) is 8.42 Å². The molecule has 1 saturated heterocycles. The molecule has 130 valence electrons. The molecule has 1 unspecified atom stereocenters. The largest absolute Gasteiger partial charge is 0.334 e. The van der Waals surface area contributed by atoms with Crippen LogP contribution in [0.25, 0.3) is 0 Å². The summed E-state index contributed by atoms with van der Waals surface area (Å²) in [5.74, 6) is -0.0829. The zero-order chi connectivity index (χ0) is 16.3. The highest BCUT2D eigenvalue weighted by Gasteiger charge is 2.27. The number of sulfone groups is 1. The first kappa shape index (κ1) is 19.9. The Morgan fingerprint density at radius 2 is 2.09 bits per heavy atom. The van der Waals surface area contributed by atoms with E-state index < -0.39 is 9.84 Å². The third-order valence-electron chi connectivity index (χ3n) is 4.04. The zero-order valence-electron chi connectivity index (χ0n) is 13.8. The van der Waals surface area contributed by atoms with Crippen LogP contribution in [0, 0.1) is 6.92 Å². The molecule has 0 saturated carbocycles. The molecule has 1 aromatic rings. The normalized spacial score (nSPS) is 17.6. The first-order chi connectivity index (χ1) is 10.3. The fraction of sp³-hybridized carbons (Fsp3) is 0.562. The Morgan fingerprint density at radius 3 is 2.61 bits per heavy atom. The minimum Gasteiger partial charge on any atom is -0.334 e. The molecule has 1 aliphatic rings. The van der Waals surface area contributed by atoms with Crippen molar-refractivity contribution in [2.24, 2.45) is 0 Å². The number of halogens is 1. The molecule has 1 heterocycles. The van der Waals surface area contributed by atoms with Crippen LogP contribution >= 0.6 is 12.4 Å². The van der Waals surface area contributed by atoms with E-state index in [0.717, 1.165) is 25.9 Å². The van der Waals surface area contributed by atoms with Crippen LogP contribution in [0.2, 0.25) is 0 Å². The lowest BCUT2D eigenvalue weighted by atomic mass is 10.1. The van der Waals surface area contributed by atoms with Gasteiger partial charge >= 0.3 is 0 Å². The summed E-state index contributed by atoms with van der Waals surface area (Å²) in [6.07, 6.45) is 3.00. The third kappa shape index (κ3) is 4.68. The van der Waals surface area contributed by atoms with Gasteiger partial charge in [-0.3, -0.25) is 4.79 Å². The van der Waals surface area contributed by atoms with Crippen LogP contribution in [0.3, 0.4) is 0 Å². The van der Waals surface area contributed by atoms with Gasteiger partial charge in [-0.15, -0.1) is 12.4 Å². The molecule has 7 heteroatoms. The van der Waals surface area contributed by atoms with E-state index >= 15 is 0 Å². The Labute approximate surface area is 144 Å². The van der Waals surface area contributed by atoms with Crippen LogP contribution in [0.1, 0.15) is 35.7 Å². The fourth-order valence-electron chi connectivity index (χ4n) is 2.89. The number of hydrogen-bond acceptors (Lipinski definition) is 4. The second-order valence-electron chi connectivity index (χ2n) is 5.90. The number of nitrogens with one attached hydrogen (secondary N) is 1. The minimum atomic E-state index is -3.33. The second kappa shape index (κ2) is 8.13. The molecule has 1 atom stereocenters. The van der Waals surface area contributed by atoms with Gasteiger partial charge in [0.1, 0.15) is 0 Å². The molecule has 0 spiro atoms. The Hall–Kier alpha value is -1.11. The monoisotopic (exact) mass is 360 g/mol. The van der Waals surface area contributed by atoms with Gasteiger partial charge in [0.05, 0.1) is 4.90 Å². The lowest BCUT2D eigenvalue weighted by molar-refractivity contribution is 0.0692. The molecule has 1 amide bonds. The Kier molecular flexibility index (Phi) is 7.04. The van der Waals surface area contributed by atoms with Crippen LogP contribution in [0.4, 0.5) is 0 Å². The standard InChI is InChI=1S/C16H24N2O3S.ClH/c1-4-9-18(14-7-8-17-11-14)16(19)13-6-5-12(2)15(10-13)22(3,20)21;/h5-6,10,14,17H,4,7-9,11H2,1-3H3;1H. The van der Waals surface area contributed by atoms with Gasteiger partial charge in [0.2, 0.25) is 0 Å². The summed E-state index contributed by atoms with van der Waals surface area (Å²) < 4.78 is 23.7. The van der Waals surface area contributed by atoms with Crippen molar-refractivity contribution in [2.75, 3.05) is 25.9 Å². The van der Waals surface area contributed by atoms with Gasteiger partial charge in [-0.05, 0) is 44.0 Å². The molecule has 1 fully saturated rings. The Balaban J connectivity index is 0.00000264. The zero-order valence-corrected chi connectivity index (χ0v) is 15.5.